The molecule has 74 valence electrons. The molecule has 4 heteroatoms. The van der Waals surface area contributed by atoms with E-state index in [1.54, 1.807) is 12.1 Å². The predicted molar refractivity (Wildman–Crippen MR) is 49.3 cm³/mol. The van der Waals surface area contributed by atoms with Crippen molar-refractivity contribution in [2.24, 2.45) is 0 Å². The normalized spacial score (nSPS) is 9.86. The molecule has 1 rings (SSSR count). The molecule has 4 nitrogen and oxygen atoms in total. The third kappa shape index (κ3) is 2.04. The van der Waals surface area contributed by atoms with Crippen LogP contribution >= 0.6 is 0 Å². The molecule has 0 saturated heterocycles. The minimum Gasteiger partial charge on any atom is -0.388 e. The van der Waals surface area contributed by atoms with Crippen molar-refractivity contribution in [1.82, 2.24) is 0 Å². The lowest BCUT2D eigenvalue weighted by molar-refractivity contribution is 0.0871. The maximum Gasteiger partial charge on any atom is 0.188 e. The summed E-state index contributed by atoms with van der Waals surface area (Å²) in [5.41, 5.74) is 0.295. The van der Waals surface area contributed by atoms with Crippen molar-refractivity contribution >= 4 is 11.6 Å². The van der Waals surface area contributed by atoms with E-state index in [0.29, 0.717) is 0 Å². The first kappa shape index (κ1) is 10.6. The highest BCUT2D eigenvalue weighted by molar-refractivity contribution is 6.09. The summed E-state index contributed by atoms with van der Waals surface area (Å²) in [5, 5.41) is 17.3. The van der Waals surface area contributed by atoms with Gasteiger partial charge in [-0.1, -0.05) is 24.3 Å². The molecule has 0 unspecified atom stereocenters. The Bertz CT molecular complexity index is 322. The van der Waals surface area contributed by atoms with E-state index in [-0.39, 0.29) is 11.1 Å². The standard InChI is InChI=1S/C10H10O4/c11-5-9(13)7-3-1-2-4-8(7)10(14)6-12/h1-4,11-12H,5-6H2. The fourth-order valence-corrected chi connectivity index (χ4v) is 1.14. The van der Waals surface area contributed by atoms with Crippen LogP contribution in [0.5, 0.6) is 0 Å². The van der Waals surface area contributed by atoms with Gasteiger partial charge in [0.25, 0.3) is 0 Å². The SMILES string of the molecule is O=C(CO)c1ccccc1C(=O)CO. The smallest absolute Gasteiger partial charge is 0.188 e. The van der Waals surface area contributed by atoms with Crippen molar-refractivity contribution in [3.05, 3.63) is 35.4 Å². The molecule has 1 aromatic carbocycles. The molecular formula is C10H10O4. The average molecular weight is 194 g/mol. The van der Waals surface area contributed by atoms with Gasteiger partial charge in [0.15, 0.2) is 11.6 Å². The van der Waals surface area contributed by atoms with E-state index in [0.717, 1.165) is 0 Å². The quantitative estimate of drug-likeness (QED) is 0.663. The zero-order chi connectivity index (χ0) is 10.6. The number of Topliss-reactive ketones (excluding diaryl/α,β-unsaturated/α-hetero) is 2. The Balaban J connectivity index is 3.15. The van der Waals surface area contributed by atoms with Crippen LogP contribution in [0.2, 0.25) is 0 Å². The van der Waals surface area contributed by atoms with Gasteiger partial charge in [0.1, 0.15) is 13.2 Å². The van der Waals surface area contributed by atoms with Gasteiger partial charge in [0, 0.05) is 11.1 Å². The fraction of sp³-hybridized carbons (Fsp3) is 0.200. The second kappa shape index (κ2) is 4.64. The van der Waals surface area contributed by atoms with Gasteiger partial charge in [0.05, 0.1) is 0 Å². The van der Waals surface area contributed by atoms with Crippen molar-refractivity contribution in [2.75, 3.05) is 13.2 Å². The van der Waals surface area contributed by atoms with Crippen LogP contribution in [0.15, 0.2) is 24.3 Å². The molecule has 0 bridgehead atoms. The fourth-order valence-electron chi connectivity index (χ4n) is 1.14. The lowest BCUT2D eigenvalue weighted by atomic mass is 10.0. The summed E-state index contributed by atoms with van der Waals surface area (Å²) in [6, 6.07) is 6.08. The number of benzene rings is 1. The monoisotopic (exact) mass is 194 g/mol. The summed E-state index contributed by atoms with van der Waals surface area (Å²) in [4.78, 5) is 22.3. The number of carbonyl (C=O) groups is 2. The van der Waals surface area contributed by atoms with Crippen LogP contribution in [0, 0.1) is 0 Å². The Labute approximate surface area is 80.8 Å². The van der Waals surface area contributed by atoms with E-state index in [1.807, 2.05) is 0 Å². The van der Waals surface area contributed by atoms with Gasteiger partial charge >= 0.3 is 0 Å². The summed E-state index contributed by atoms with van der Waals surface area (Å²) < 4.78 is 0. The Morgan fingerprint density at radius 2 is 1.29 bits per heavy atom. The van der Waals surface area contributed by atoms with Crippen molar-refractivity contribution in [3.8, 4) is 0 Å². The number of ketones is 2. The number of rotatable bonds is 4. The van der Waals surface area contributed by atoms with Crippen LogP contribution in [0.4, 0.5) is 0 Å². The number of hydrogen-bond acceptors (Lipinski definition) is 4. The molecule has 0 aliphatic carbocycles. The molecule has 0 fully saturated rings. The van der Waals surface area contributed by atoms with Crippen LogP contribution in [-0.4, -0.2) is 35.0 Å². The molecule has 0 heterocycles. The van der Waals surface area contributed by atoms with Crippen LogP contribution in [0.3, 0.4) is 0 Å². The van der Waals surface area contributed by atoms with E-state index in [4.69, 9.17) is 10.2 Å². The van der Waals surface area contributed by atoms with Gasteiger partial charge in [-0.3, -0.25) is 9.59 Å². The van der Waals surface area contributed by atoms with Crippen LogP contribution < -0.4 is 0 Å². The van der Waals surface area contributed by atoms with E-state index in [1.165, 1.54) is 12.1 Å². The minimum atomic E-state index is -0.643. The van der Waals surface area contributed by atoms with Gasteiger partial charge in [0.2, 0.25) is 0 Å². The van der Waals surface area contributed by atoms with E-state index in [2.05, 4.69) is 0 Å². The van der Waals surface area contributed by atoms with Crippen LogP contribution in [0.1, 0.15) is 20.7 Å². The lowest BCUT2D eigenvalue weighted by Crippen LogP contribution is -2.13. The number of aliphatic hydroxyl groups excluding tert-OH is 2. The molecule has 0 aliphatic heterocycles. The summed E-state index contributed by atoms with van der Waals surface area (Å²) in [6.07, 6.45) is 0. The lowest BCUT2D eigenvalue weighted by Gasteiger charge is -2.03. The van der Waals surface area contributed by atoms with Crippen molar-refractivity contribution in [3.63, 3.8) is 0 Å². The Kier molecular flexibility index (Phi) is 3.50. The topological polar surface area (TPSA) is 74.6 Å². The molecule has 2 N–H and O–H groups in total. The molecule has 0 aromatic heterocycles. The Morgan fingerprint density at radius 3 is 1.57 bits per heavy atom. The summed E-state index contributed by atoms with van der Waals surface area (Å²) in [6.45, 7) is -1.29. The Hall–Kier alpha value is -1.52. The number of carbonyl (C=O) groups excluding carboxylic acids is 2. The van der Waals surface area contributed by atoms with E-state index in [9.17, 15) is 9.59 Å². The molecule has 0 amide bonds. The Morgan fingerprint density at radius 1 is 0.929 bits per heavy atom. The highest BCUT2D eigenvalue weighted by atomic mass is 16.3. The van der Waals surface area contributed by atoms with Crippen LogP contribution in [-0.2, 0) is 0 Å². The summed E-state index contributed by atoms with van der Waals surface area (Å²) in [5.74, 6) is -1.05. The maximum atomic E-state index is 11.2. The van der Waals surface area contributed by atoms with Crippen molar-refractivity contribution in [2.45, 2.75) is 0 Å². The predicted octanol–water partition coefficient (Wildman–Crippen LogP) is 0.0366. The molecule has 0 aliphatic rings. The molecule has 0 saturated carbocycles. The summed E-state index contributed by atoms with van der Waals surface area (Å²) in [7, 11) is 0. The zero-order valence-electron chi connectivity index (χ0n) is 7.43. The van der Waals surface area contributed by atoms with Gasteiger partial charge in [-0.25, -0.2) is 0 Å². The highest BCUT2D eigenvalue weighted by Gasteiger charge is 2.14. The first-order valence-corrected chi connectivity index (χ1v) is 4.08. The maximum absolute atomic E-state index is 11.2. The first-order chi connectivity index (χ1) is 6.70. The summed E-state index contributed by atoms with van der Waals surface area (Å²) >= 11 is 0. The molecule has 0 radical (unpaired) electrons. The van der Waals surface area contributed by atoms with Gasteiger partial charge < -0.3 is 10.2 Å². The van der Waals surface area contributed by atoms with Gasteiger partial charge in [-0.15, -0.1) is 0 Å². The average Bonchev–Trinajstić information content (AvgIpc) is 2.27. The van der Waals surface area contributed by atoms with Crippen molar-refractivity contribution < 1.29 is 19.8 Å². The number of aliphatic hydroxyl groups is 2. The largest absolute Gasteiger partial charge is 0.388 e. The second-order valence-corrected chi connectivity index (χ2v) is 2.71. The highest BCUT2D eigenvalue weighted by Crippen LogP contribution is 2.09. The molecule has 0 spiro atoms. The number of hydrogen-bond donors (Lipinski definition) is 2. The second-order valence-electron chi connectivity index (χ2n) is 2.71. The van der Waals surface area contributed by atoms with E-state index >= 15 is 0 Å². The third-order valence-electron chi connectivity index (χ3n) is 1.82. The van der Waals surface area contributed by atoms with Gasteiger partial charge in [-0.2, -0.15) is 0 Å². The van der Waals surface area contributed by atoms with Crippen molar-refractivity contribution in [1.29, 1.82) is 0 Å². The zero-order valence-corrected chi connectivity index (χ0v) is 7.43. The molecule has 1 aromatic rings. The molecule has 14 heavy (non-hydrogen) atoms. The van der Waals surface area contributed by atoms with E-state index < -0.39 is 24.8 Å². The minimum absolute atomic E-state index is 0.147. The van der Waals surface area contributed by atoms with Crippen LogP contribution in [0.25, 0.3) is 0 Å². The van der Waals surface area contributed by atoms with Gasteiger partial charge in [-0.05, 0) is 0 Å². The third-order valence-corrected chi connectivity index (χ3v) is 1.82. The molecular weight excluding hydrogens is 184 g/mol. The first-order valence-electron chi connectivity index (χ1n) is 4.08. The molecule has 0 atom stereocenters.